The molecule has 4 nitrogen and oxygen atoms in total. The monoisotopic (exact) mass is 197 g/mol. The highest BCUT2D eigenvalue weighted by Gasteiger charge is 2.02. The average Bonchev–Trinajstić information content (AvgIpc) is 1.86. The van der Waals surface area contributed by atoms with Crippen molar-refractivity contribution in [3.63, 3.8) is 0 Å². The molecule has 0 fully saturated rings. The zero-order chi connectivity index (χ0) is 8.69. The summed E-state index contributed by atoms with van der Waals surface area (Å²) in [5.41, 5.74) is 0. The predicted molar refractivity (Wildman–Crippen MR) is 47.7 cm³/mol. The first-order valence-electron chi connectivity index (χ1n) is 3.00. The summed E-state index contributed by atoms with van der Waals surface area (Å²) in [4.78, 5) is 11.8. The molecular weight excluding hydrogens is 186 g/mol. The van der Waals surface area contributed by atoms with Gasteiger partial charge >= 0.3 is 5.97 Å². The van der Waals surface area contributed by atoms with Crippen LogP contribution < -0.4 is 0 Å². The number of carboxylic acids is 1. The summed E-state index contributed by atoms with van der Waals surface area (Å²) < 4.78 is 4.83. The molecule has 0 atom stereocenters. The molecule has 66 valence electrons. The number of hydrogen-bond donors (Lipinski definition) is 2. The van der Waals surface area contributed by atoms with Gasteiger partial charge < -0.3 is 9.29 Å². The normalized spacial score (nSPS) is 10.5. The molecule has 0 aromatic carbocycles. The lowest BCUT2D eigenvalue weighted by atomic mass is 10.5. The van der Waals surface area contributed by atoms with Crippen molar-refractivity contribution in [3.05, 3.63) is 0 Å². The fraction of sp³-hybridized carbons (Fsp3) is 0.800. The Labute approximate surface area is 74.9 Å². The number of aliphatic carboxylic acids is 1. The third kappa shape index (κ3) is 7.99. The zero-order valence-corrected chi connectivity index (χ0v) is 7.90. The standard InChI is InChI=1S/C5H11NO3S2/c1-6(4-5(7)8)2-3-9-11-10/h10H,2-4H2,1H3,(H,7,8). The van der Waals surface area contributed by atoms with E-state index in [9.17, 15) is 4.79 Å². The summed E-state index contributed by atoms with van der Waals surface area (Å²) in [6.07, 6.45) is 0. The maximum Gasteiger partial charge on any atom is 0.317 e. The molecule has 0 aliphatic rings. The van der Waals surface area contributed by atoms with E-state index in [-0.39, 0.29) is 6.54 Å². The molecule has 0 aromatic heterocycles. The summed E-state index contributed by atoms with van der Waals surface area (Å²) in [7, 11) is 1.72. The van der Waals surface area contributed by atoms with Crippen molar-refractivity contribution >= 4 is 28.7 Å². The molecule has 0 unspecified atom stereocenters. The topological polar surface area (TPSA) is 49.8 Å². The van der Waals surface area contributed by atoms with Gasteiger partial charge in [-0.05, 0) is 7.05 Å². The molecule has 0 radical (unpaired) electrons. The van der Waals surface area contributed by atoms with Crippen LogP contribution >= 0.6 is 22.7 Å². The highest BCUT2D eigenvalue weighted by Crippen LogP contribution is 2.05. The van der Waals surface area contributed by atoms with Gasteiger partial charge in [-0.15, -0.1) is 0 Å². The summed E-state index contributed by atoms with van der Waals surface area (Å²) in [6, 6.07) is 0. The van der Waals surface area contributed by atoms with Crippen LogP contribution in [0.15, 0.2) is 0 Å². The smallest absolute Gasteiger partial charge is 0.317 e. The molecule has 0 saturated heterocycles. The van der Waals surface area contributed by atoms with Gasteiger partial charge in [-0.1, -0.05) is 11.7 Å². The second-order valence-electron chi connectivity index (χ2n) is 2.03. The van der Waals surface area contributed by atoms with Gasteiger partial charge in [0.2, 0.25) is 0 Å². The number of rotatable bonds is 6. The fourth-order valence-corrected chi connectivity index (χ4v) is 0.913. The molecule has 0 rings (SSSR count). The van der Waals surface area contributed by atoms with E-state index >= 15 is 0 Å². The predicted octanol–water partition coefficient (Wildman–Crippen LogP) is 0.512. The van der Waals surface area contributed by atoms with E-state index in [0.717, 1.165) is 11.1 Å². The summed E-state index contributed by atoms with van der Waals surface area (Å²) in [5, 5.41) is 8.34. The molecule has 0 aromatic rings. The highest BCUT2D eigenvalue weighted by atomic mass is 33.1. The molecule has 0 heterocycles. The van der Waals surface area contributed by atoms with E-state index in [1.165, 1.54) is 0 Å². The molecule has 1 N–H and O–H groups in total. The molecule has 0 bridgehead atoms. The van der Waals surface area contributed by atoms with Crippen molar-refractivity contribution in [3.8, 4) is 0 Å². The number of likely N-dealkylation sites (N-methyl/N-ethyl adjacent to an activating group) is 1. The van der Waals surface area contributed by atoms with Crippen molar-refractivity contribution in [1.82, 2.24) is 4.90 Å². The summed E-state index contributed by atoms with van der Waals surface area (Å²) >= 11 is 4.74. The maximum atomic E-state index is 10.1. The van der Waals surface area contributed by atoms with Crippen molar-refractivity contribution in [2.75, 3.05) is 26.7 Å². The van der Waals surface area contributed by atoms with Crippen LogP contribution in [0.3, 0.4) is 0 Å². The minimum atomic E-state index is -0.828. The van der Waals surface area contributed by atoms with Gasteiger partial charge in [0.25, 0.3) is 0 Å². The number of thiol groups is 1. The Morgan fingerprint density at radius 1 is 1.82 bits per heavy atom. The number of hydrogen-bond acceptors (Lipinski definition) is 5. The highest BCUT2D eigenvalue weighted by molar-refractivity contribution is 8.66. The molecule has 0 aliphatic carbocycles. The van der Waals surface area contributed by atoms with Crippen molar-refractivity contribution < 1.29 is 14.1 Å². The van der Waals surface area contributed by atoms with Crippen LogP contribution in [0.5, 0.6) is 0 Å². The Balaban J connectivity index is 3.22. The summed E-state index contributed by atoms with van der Waals surface area (Å²) in [6.45, 7) is 1.12. The van der Waals surface area contributed by atoms with Crippen LogP contribution in [0.25, 0.3) is 0 Å². The van der Waals surface area contributed by atoms with E-state index in [4.69, 9.17) is 9.29 Å². The van der Waals surface area contributed by atoms with Gasteiger partial charge in [0.1, 0.15) is 0 Å². The lowest BCUT2D eigenvalue weighted by Gasteiger charge is -2.11. The van der Waals surface area contributed by atoms with E-state index in [2.05, 4.69) is 11.7 Å². The molecule has 0 aliphatic heterocycles. The van der Waals surface area contributed by atoms with Gasteiger partial charge in [0.15, 0.2) is 0 Å². The first kappa shape index (κ1) is 11.1. The van der Waals surface area contributed by atoms with Crippen molar-refractivity contribution in [2.45, 2.75) is 0 Å². The average molecular weight is 197 g/mol. The van der Waals surface area contributed by atoms with Crippen LogP contribution in [0.4, 0.5) is 0 Å². The van der Waals surface area contributed by atoms with Crippen LogP contribution in [-0.4, -0.2) is 42.7 Å². The Morgan fingerprint density at radius 2 is 2.45 bits per heavy atom. The number of nitrogens with zero attached hydrogens (tertiary/aromatic N) is 1. The Morgan fingerprint density at radius 3 is 2.91 bits per heavy atom. The van der Waals surface area contributed by atoms with Crippen LogP contribution in [0, 0.1) is 0 Å². The van der Waals surface area contributed by atoms with Crippen LogP contribution in [0.1, 0.15) is 0 Å². The molecule has 0 saturated carbocycles. The van der Waals surface area contributed by atoms with Gasteiger partial charge in [-0.2, -0.15) is 0 Å². The van der Waals surface area contributed by atoms with E-state index in [1.807, 2.05) is 0 Å². The minimum Gasteiger partial charge on any atom is -0.480 e. The van der Waals surface area contributed by atoms with E-state index < -0.39 is 5.97 Å². The third-order valence-electron chi connectivity index (χ3n) is 1.01. The zero-order valence-electron chi connectivity index (χ0n) is 6.19. The minimum absolute atomic E-state index is 0.0423. The molecule has 0 spiro atoms. The maximum absolute atomic E-state index is 10.1. The van der Waals surface area contributed by atoms with Crippen LogP contribution in [-0.2, 0) is 8.98 Å². The van der Waals surface area contributed by atoms with Gasteiger partial charge in [-0.3, -0.25) is 9.69 Å². The van der Waals surface area contributed by atoms with Crippen molar-refractivity contribution in [2.24, 2.45) is 0 Å². The van der Waals surface area contributed by atoms with Crippen molar-refractivity contribution in [1.29, 1.82) is 0 Å². The lowest BCUT2D eigenvalue weighted by molar-refractivity contribution is -0.138. The first-order valence-corrected chi connectivity index (χ1v) is 4.79. The van der Waals surface area contributed by atoms with Gasteiger partial charge in [-0.25, -0.2) is 0 Å². The third-order valence-corrected chi connectivity index (χ3v) is 1.60. The first-order chi connectivity index (χ1) is 5.16. The van der Waals surface area contributed by atoms with Crippen LogP contribution in [0.2, 0.25) is 0 Å². The Kier molecular flexibility index (Phi) is 6.83. The molecule has 0 amide bonds. The molecular formula is C5H11NO3S2. The van der Waals surface area contributed by atoms with E-state index in [1.54, 1.807) is 11.9 Å². The Hall–Kier alpha value is 0.0900. The largest absolute Gasteiger partial charge is 0.480 e. The Bertz CT molecular complexity index is 122. The van der Waals surface area contributed by atoms with Gasteiger partial charge in [0.05, 0.1) is 24.2 Å². The SMILES string of the molecule is CN(CCOSS)CC(=O)O. The quantitative estimate of drug-likeness (QED) is 0.281. The number of carbonyl (C=O) groups is 1. The summed E-state index contributed by atoms with van der Waals surface area (Å²) in [5.74, 6) is -0.828. The van der Waals surface area contributed by atoms with E-state index in [0.29, 0.717) is 13.2 Å². The molecule has 6 heteroatoms. The number of carboxylic acid groups (broad SMARTS) is 1. The second kappa shape index (κ2) is 6.78. The molecule has 11 heavy (non-hydrogen) atoms. The van der Waals surface area contributed by atoms with Gasteiger partial charge in [0, 0.05) is 6.54 Å². The lowest BCUT2D eigenvalue weighted by Crippen LogP contribution is -2.28. The second-order valence-corrected chi connectivity index (χ2v) is 2.86. The fourth-order valence-electron chi connectivity index (χ4n) is 0.540.